The Balaban J connectivity index is 1.55. The van der Waals surface area contributed by atoms with Crippen LogP contribution in [0.1, 0.15) is 11.1 Å². The maximum absolute atomic E-state index is 13.1. The van der Waals surface area contributed by atoms with Crippen LogP contribution >= 0.6 is 0 Å². The van der Waals surface area contributed by atoms with Gasteiger partial charge in [-0.05, 0) is 35.7 Å². The van der Waals surface area contributed by atoms with E-state index >= 15 is 0 Å². The largest absolute Gasteiger partial charge is 0.480 e. The first kappa shape index (κ1) is 22.9. The molecule has 1 unspecified atom stereocenters. The first-order chi connectivity index (χ1) is 16.9. The average Bonchev–Trinajstić information content (AvgIpc) is 3.46. The van der Waals surface area contributed by atoms with E-state index in [-0.39, 0.29) is 31.2 Å². The van der Waals surface area contributed by atoms with Gasteiger partial charge in [0.05, 0.1) is 6.61 Å². The lowest BCUT2D eigenvalue weighted by Crippen LogP contribution is -2.37. The standard InChI is InChI=1S/C26H22F2N2O5/c1-15-18(16-6-3-2-4-7-16)8-5-9-19(15)24-29-20-10-17(12-30-14-33-13-21(30)25(31)32)22(35-26(27)28)11-23(20)34-24/h2-11,21,26H,12-14H2,1H3,(H,31,32). The minimum atomic E-state index is -3.05. The van der Waals surface area contributed by atoms with Gasteiger partial charge in [-0.1, -0.05) is 42.5 Å². The fraction of sp³-hybridized carbons (Fsp3) is 0.231. The van der Waals surface area contributed by atoms with Crippen LogP contribution in [0.25, 0.3) is 33.7 Å². The van der Waals surface area contributed by atoms with E-state index < -0.39 is 18.6 Å². The van der Waals surface area contributed by atoms with Crippen molar-refractivity contribution < 1.29 is 32.6 Å². The molecule has 1 aromatic heterocycles. The zero-order valence-electron chi connectivity index (χ0n) is 18.8. The fourth-order valence-electron chi connectivity index (χ4n) is 4.32. The zero-order valence-corrected chi connectivity index (χ0v) is 18.8. The highest BCUT2D eigenvalue weighted by molar-refractivity contribution is 5.82. The third-order valence-corrected chi connectivity index (χ3v) is 6.07. The second-order valence-electron chi connectivity index (χ2n) is 8.27. The number of carbonyl (C=O) groups is 1. The Morgan fingerprint density at radius 1 is 1.17 bits per heavy atom. The van der Waals surface area contributed by atoms with E-state index in [1.807, 2.05) is 55.5 Å². The molecule has 1 fully saturated rings. The lowest BCUT2D eigenvalue weighted by Gasteiger charge is -2.20. The van der Waals surface area contributed by atoms with Crippen molar-refractivity contribution in [3.05, 3.63) is 71.8 Å². The number of halogens is 2. The summed E-state index contributed by atoms with van der Waals surface area (Å²) >= 11 is 0. The number of carboxylic acid groups (broad SMARTS) is 1. The fourth-order valence-corrected chi connectivity index (χ4v) is 4.32. The number of benzene rings is 3. The van der Waals surface area contributed by atoms with Crippen molar-refractivity contribution >= 4 is 17.1 Å². The molecule has 3 aromatic carbocycles. The van der Waals surface area contributed by atoms with Gasteiger partial charge in [-0.25, -0.2) is 4.98 Å². The average molecular weight is 480 g/mol. The zero-order chi connectivity index (χ0) is 24.5. The van der Waals surface area contributed by atoms with Crippen LogP contribution in [0.5, 0.6) is 5.75 Å². The number of ether oxygens (including phenoxy) is 2. The lowest BCUT2D eigenvalue weighted by atomic mass is 9.96. The number of rotatable bonds is 7. The molecule has 35 heavy (non-hydrogen) atoms. The van der Waals surface area contributed by atoms with Gasteiger partial charge in [-0.2, -0.15) is 8.78 Å². The quantitative estimate of drug-likeness (QED) is 0.383. The predicted molar refractivity (Wildman–Crippen MR) is 124 cm³/mol. The molecule has 5 rings (SSSR count). The Morgan fingerprint density at radius 2 is 1.94 bits per heavy atom. The molecule has 9 heteroatoms. The van der Waals surface area contributed by atoms with Crippen molar-refractivity contribution in [1.82, 2.24) is 9.88 Å². The molecule has 0 aliphatic carbocycles. The van der Waals surface area contributed by atoms with E-state index in [4.69, 9.17) is 13.9 Å². The summed E-state index contributed by atoms with van der Waals surface area (Å²) < 4.78 is 42.3. The van der Waals surface area contributed by atoms with Crippen LogP contribution in [-0.2, 0) is 16.1 Å². The number of fused-ring (bicyclic) bond motifs is 1. The second kappa shape index (κ2) is 9.44. The molecule has 4 aromatic rings. The van der Waals surface area contributed by atoms with Crippen molar-refractivity contribution in [3.8, 4) is 28.3 Å². The van der Waals surface area contributed by atoms with Crippen molar-refractivity contribution in [2.75, 3.05) is 13.3 Å². The summed E-state index contributed by atoms with van der Waals surface area (Å²) in [6.07, 6.45) is 0. The summed E-state index contributed by atoms with van der Waals surface area (Å²) in [5.41, 5.74) is 4.93. The first-order valence-electron chi connectivity index (χ1n) is 11.0. The predicted octanol–water partition coefficient (Wildman–Crippen LogP) is 5.31. The van der Waals surface area contributed by atoms with Crippen LogP contribution in [-0.4, -0.2) is 47.0 Å². The Kier molecular flexibility index (Phi) is 6.19. The molecule has 180 valence electrons. The van der Waals surface area contributed by atoms with E-state index in [0.717, 1.165) is 22.3 Å². The van der Waals surface area contributed by atoms with Gasteiger partial charge in [0, 0.05) is 23.7 Å². The van der Waals surface area contributed by atoms with Crippen LogP contribution < -0.4 is 4.74 Å². The third kappa shape index (κ3) is 4.60. The summed E-state index contributed by atoms with van der Waals surface area (Å²) in [4.78, 5) is 17.6. The molecule has 1 saturated heterocycles. The van der Waals surface area contributed by atoms with Gasteiger partial charge in [0.15, 0.2) is 5.58 Å². The van der Waals surface area contributed by atoms with E-state index in [1.165, 1.54) is 11.0 Å². The summed E-state index contributed by atoms with van der Waals surface area (Å²) in [5.74, 6) is -0.790. The Labute approximate surface area is 199 Å². The minimum Gasteiger partial charge on any atom is -0.480 e. The van der Waals surface area contributed by atoms with E-state index in [2.05, 4.69) is 4.98 Å². The van der Waals surface area contributed by atoms with Crippen LogP contribution in [0, 0.1) is 6.92 Å². The summed E-state index contributed by atoms with van der Waals surface area (Å²) in [5, 5.41) is 9.41. The highest BCUT2D eigenvalue weighted by Crippen LogP contribution is 2.35. The topological polar surface area (TPSA) is 85.0 Å². The van der Waals surface area contributed by atoms with Crippen LogP contribution in [0.2, 0.25) is 0 Å². The molecule has 0 radical (unpaired) electrons. The minimum absolute atomic E-state index is 0.0216. The maximum atomic E-state index is 13.1. The summed E-state index contributed by atoms with van der Waals surface area (Å²) in [6.45, 7) is -0.946. The Morgan fingerprint density at radius 3 is 2.69 bits per heavy atom. The van der Waals surface area contributed by atoms with Crippen LogP contribution in [0.15, 0.2) is 65.1 Å². The molecule has 0 spiro atoms. The highest BCUT2D eigenvalue weighted by atomic mass is 19.3. The number of hydrogen-bond acceptors (Lipinski definition) is 6. The molecule has 1 N–H and O–H groups in total. The molecular formula is C26H22F2N2O5. The van der Waals surface area contributed by atoms with Gasteiger partial charge in [0.25, 0.3) is 0 Å². The van der Waals surface area contributed by atoms with E-state index in [1.54, 1.807) is 6.07 Å². The monoisotopic (exact) mass is 480 g/mol. The van der Waals surface area contributed by atoms with Crippen LogP contribution in [0.3, 0.4) is 0 Å². The van der Waals surface area contributed by atoms with Crippen LogP contribution in [0.4, 0.5) is 8.78 Å². The number of aromatic nitrogens is 1. The number of oxazole rings is 1. The number of aliphatic carboxylic acids is 1. The first-order valence-corrected chi connectivity index (χ1v) is 11.0. The van der Waals surface area contributed by atoms with Gasteiger partial charge in [-0.3, -0.25) is 9.69 Å². The van der Waals surface area contributed by atoms with Gasteiger partial charge >= 0.3 is 12.6 Å². The van der Waals surface area contributed by atoms with E-state index in [9.17, 15) is 18.7 Å². The van der Waals surface area contributed by atoms with E-state index in [0.29, 0.717) is 17.0 Å². The van der Waals surface area contributed by atoms with Crippen molar-refractivity contribution in [2.24, 2.45) is 0 Å². The highest BCUT2D eigenvalue weighted by Gasteiger charge is 2.32. The molecule has 0 bridgehead atoms. The molecular weight excluding hydrogens is 458 g/mol. The van der Waals surface area contributed by atoms with Crippen molar-refractivity contribution in [3.63, 3.8) is 0 Å². The Hall–Kier alpha value is -3.82. The number of nitrogens with zero attached hydrogens (tertiary/aromatic N) is 2. The molecule has 0 saturated carbocycles. The molecule has 7 nitrogen and oxygen atoms in total. The number of carboxylic acids is 1. The lowest BCUT2D eigenvalue weighted by molar-refractivity contribution is -0.142. The molecule has 2 heterocycles. The SMILES string of the molecule is Cc1c(-c2ccccc2)cccc1-c1nc2cc(CN3COCC3C(=O)O)c(OC(F)F)cc2o1. The van der Waals surface area contributed by atoms with Gasteiger partial charge in [0.2, 0.25) is 5.89 Å². The summed E-state index contributed by atoms with van der Waals surface area (Å²) in [7, 11) is 0. The van der Waals surface area contributed by atoms with Gasteiger partial charge in [-0.15, -0.1) is 0 Å². The smallest absolute Gasteiger partial charge is 0.387 e. The normalized spacial score (nSPS) is 16.3. The molecule has 1 atom stereocenters. The third-order valence-electron chi connectivity index (χ3n) is 6.07. The number of alkyl halides is 2. The summed E-state index contributed by atoms with van der Waals surface area (Å²) in [6, 6.07) is 17.8. The molecule has 0 amide bonds. The molecule has 1 aliphatic rings. The van der Waals surface area contributed by atoms with Gasteiger partial charge in [0.1, 0.15) is 24.0 Å². The maximum Gasteiger partial charge on any atom is 0.387 e. The number of hydrogen-bond donors (Lipinski definition) is 1. The van der Waals surface area contributed by atoms with Crippen molar-refractivity contribution in [2.45, 2.75) is 26.1 Å². The van der Waals surface area contributed by atoms with Crippen molar-refractivity contribution in [1.29, 1.82) is 0 Å². The Bertz CT molecular complexity index is 1370. The molecule has 1 aliphatic heterocycles. The second-order valence-corrected chi connectivity index (χ2v) is 8.27. The van der Waals surface area contributed by atoms with Gasteiger partial charge < -0.3 is 19.0 Å².